The highest BCUT2D eigenvalue weighted by Crippen LogP contribution is 2.31. The molecule has 1 aliphatic carbocycles. The van der Waals surface area contributed by atoms with Gasteiger partial charge in [-0.05, 0) is 43.4 Å². The lowest BCUT2D eigenvalue weighted by atomic mass is 9.82. The molecule has 0 spiro atoms. The second kappa shape index (κ2) is 6.09. The Kier molecular flexibility index (Phi) is 4.01. The number of ketones is 1. The first-order valence-corrected chi connectivity index (χ1v) is 7.59. The van der Waals surface area contributed by atoms with Crippen molar-refractivity contribution in [2.75, 3.05) is 0 Å². The van der Waals surface area contributed by atoms with E-state index < -0.39 is 0 Å². The Balaban J connectivity index is 1.73. The standard InChI is InChI=1S/C20H20O/c1-15-6-5-9-19(14-15)20(21)18-12-10-17(11-13-18)16-7-3-2-4-8-16/h2-10,14,18H,11-13H2,1H3. The predicted molar refractivity (Wildman–Crippen MR) is 87.3 cm³/mol. The highest BCUT2D eigenvalue weighted by atomic mass is 16.1. The summed E-state index contributed by atoms with van der Waals surface area (Å²) in [6.07, 6.45) is 5.05. The predicted octanol–water partition coefficient (Wildman–Crippen LogP) is 5.06. The molecule has 0 radical (unpaired) electrons. The van der Waals surface area contributed by atoms with Crippen LogP contribution in [0.2, 0.25) is 0 Å². The van der Waals surface area contributed by atoms with Crippen molar-refractivity contribution in [3.05, 3.63) is 77.4 Å². The van der Waals surface area contributed by atoms with Gasteiger partial charge in [0.05, 0.1) is 0 Å². The van der Waals surface area contributed by atoms with Gasteiger partial charge in [-0.3, -0.25) is 4.79 Å². The molecule has 1 atom stereocenters. The fourth-order valence-electron chi connectivity index (χ4n) is 3.02. The molecule has 3 rings (SSSR count). The Morgan fingerprint density at radius 2 is 1.86 bits per heavy atom. The van der Waals surface area contributed by atoms with E-state index in [-0.39, 0.29) is 5.92 Å². The summed E-state index contributed by atoms with van der Waals surface area (Å²) < 4.78 is 0. The molecule has 0 amide bonds. The van der Waals surface area contributed by atoms with E-state index in [4.69, 9.17) is 0 Å². The highest BCUT2D eigenvalue weighted by molar-refractivity contribution is 5.98. The van der Waals surface area contributed by atoms with Gasteiger partial charge in [-0.25, -0.2) is 0 Å². The summed E-state index contributed by atoms with van der Waals surface area (Å²) in [5.41, 5.74) is 4.68. The van der Waals surface area contributed by atoms with Crippen LogP contribution in [0.15, 0.2) is 60.7 Å². The Morgan fingerprint density at radius 3 is 2.52 bits per heavy atom. The summed E-state index contributed by atoms with van der Waals surface area (Å²) in [5, 5.41) is 0. The molecule has 106 valence electrons. The number of hydrogen-bond donors (Lipinski definition) is 0. The first-order chi connectivity index (χ1) is 10.2. The monoisotopic (exact) mass is 276 g/mol. The SMILES string of the molecule is Cc1cccc(C(=O)C2CC=C(c3ccccc3)CC2)c1. The van der Waals surface area contributed by atoms with Gasteiger partial charge in [-0.15, -0.1) is 0 Å². The van der Waals surface area contributed by atoms with Crippen molar-refractivity contribution in [1.29, 1.82) is 0 Å². The Bertz CT molecular complexity index is 667. The lowest BCUT2D eigenvalue weighted by Crippen LogP contribution is -2.17. The van der Waals surface area contributed by atoms with Crippen LogP contribution >= 0.6 is 0 Å². The molecule has 0 fully saturated rings. The summed E-state index contributed by atoms with van der Waals surface area (Å²) in [7, 11) is 0. The maximum atomic E-state index is 12.6. The third-order valence-corrected chi connectivity index (χ3v) is 4.23. The minimum absolute atomic E-state index is 0.138. The average Bonchev–Trinajstić information content (AvgIpc) is 2.55. The van der Waals surface area contributed by atoms with Crippen molar-refractivity contribution in [3.8, 4) is 0 Å². The van der Waals surface area contributed by atoms with Crippen molar-refractivity contribution in [2.24, 2.45) is 5.92 Å². The fourth-order valence-corrected chi connectivity index (χ4v) is 3.02. The highest BCUT2D eigenvalue weighted by Gasteiger charge is 2.23. The first-order valence-electron chi connectivity index (χ1n) is 7.59. The normalized spacial score (nSPS) is 18.1. The van der Waals surface area contributed by atoms with Crippen LogP contribution in [0.4, 0.5) is 0 Å². The number of hydrogen-bond acceptors (Lipinski definition) is 1. The Hall–Kier alpha value is -2.15. The van der Waals surface area contributed by atoms with E-state index in [1.165, 1.54) is 11.1 Å². The molecule has 0 bridgehead atoms. The zero-order chi connectivity index (χ0) is 14.7. The number of rotatable bonds is 3. The lowest BCUT2D eigenvalue weighted by Gasteiger charge is -2.21. The van der Waals surface area contributed by atoms with E-state index in [9.17, 15) is 4.79 Å². The van der Waals surface area contributed by atoms with E-state index >= 15 is 0 Å². The Morgan fingerprint density at radius 1 is 1.05 bits per heavy atom. The van der Waals surface area contributed by atoms with Crippen LogP contribution in [-0.4, -0.2) is 5.78 Å². The van der Waals surface area contributed by atoms with Gasteiger partial charge < -0.3 is 0 Å². The molecular weight excluding hydrogens is 256 g/mol. The van der Waals surface area contributed by atoms with Gasteiger partial charge in [0.25, 0.3) is 0 Å². The van der Waals surface area contributed by atoms with Gasteiger partial charge in [0.2, 0.25) is 0 Å². The van der Waals surface area contributed by atoms with Gasteiger partial charge in [-0.1, -0.05) is 60.2 Å². The van der Waals surface area contributed by atoms with E-state index in [0.717, 1.165) is 30.4 Å². The molecule has 21 heavy (non-hydrogen) atoms. The third-order valence-electron chi connectivity index (χ3n) is 4.23. The van der Waals surface area contributed by atoms with Crippen molar-refractivity contribution >= 4 is 11.4 Å². The zero-order valence-electron chi connectivity index (χ0n) is 12.4. The number of carbonyl (C=O) groups is 1. The van der Waals surface area contributed by atoms with E-state index in [1.807, 2.05) is 37.3 Å². The minimum atomic E-state index is 0.138. The number of allylic oxidation sites excluding steroid dienone is 2. The van der Waals surface area contributed by atoms with Crippen molar-refractivity contribution in [2.45, 2.75) is 26.2 Å². The van der Waals surface area contributed by atoms with Crippen molar-refractivity contribution < 1.29 is 4.79 Å². The Labute approximate surface area is 126 Å². The fraction of sp³-hybridized carbons (Fsp3) is 0.250. The van der Waals surface area contributed by atoms with Gasteiger partial charge in [-0.2, -0.15) is 0 Å². The molecule has 0 heterocycles. The second-order valence-corrected chi connectivity index (χ2v) is 5.80. The summed E-state index contributed by atoms with van der Waals surface area (Å²) in [6.45, 7) is 2.03. The lowest BCUT2D eigenvalue weighted by molar-refractivity contribution is 0.0913. The van der Waals surface area contributed by atoms with Gasteiger partial charge in [0.15, 0.2) is 5.78 Å². The number of aryl methyl sites for hydroxylation is 1. The average molecular weight is 276 g/mol. The molecule has 0 saturated carbocycles. The quantitative estimate of drug-likeness (QED) is 0.716. The molecule has 0 aliphatic heterocycles. The number of benzene rings is 2. The molecule has 1 heteroatoms. The molecule has 0 N–H and O–H groups in total. The van der Waals surface area contributed by atoms with E-state index in [0.29, 0.717) is 5.78 Å². The summed E-state index contributed by atoms with van der Waals surface area (Å²) in [5.74, 6) is 0.432. The van der Waals surface area contributed by atoms with Gasteiger partial charge >= 0.3 is 0 Å². The summed E-state index contributed by atoms with van der Waals surface area (Å²) in [6, 6.07) is 18.4. The molecule has 0 aromatic heterocycles. The van der Waals surface area contributed by atoms with Crippen LogP contribution < -0.4 is 0 Å². The molecule has 2 aromatic rings. The van der Waals surface area contributed by atoms with Crippen LogP contribution in [0.25, 0.3) is 5.57 Å². The molecule has 1 unspecified atom stereocenters. The van der Waals surface area contributed by atoms with E-state index in [2.05, 4.69) is 30.3 Å². The molecule has 1 nitrogen and oxygen atoms in total. The first kappa shape index (κ1) is 13.8. The maximum absolute atomic E-state index is 12.6. The summed E-state index contributed by atoms with van der Waals surface area (Å²) in [4.78, 5) is 12.6. The zero-order valence-corrected chi connectivity index (χ0v) is 12.4. The van der Waals surface area contributed by atoms with Crippen molar-refractivity contribution in [3.63, 3.8) is 0 Å². The smallest absolute Gasteiger partial charge is 0.166 e. The van der Waals surface area contributed by atoms with Gasteiger partial charge in [0, 0.05) is 11.5 Å². The minimum Gasteiger partial charge on any atom is -0.294 e. The molecule has 1 aliphatic rings. The van der Waals surface area contributed by atoms with Crippen LogP contribution in [0.5, 0.6) is 0 Å². The second-order valence-electron chi connectivity index (χ2n) is 5.80. The number of carbonyl (C=O) groups excluding carboxylic acids is 1. The van der Waals surface area contributed by atoms with E-state index in [1.54, 1.807) is 0 Å². The van der Waals surface area contributed by atoms with Crippen LogP contribution in [-0.2, 0) is 0 Å². The van der Waals surface area contributed by atoms with Crippen molar-refractivity contribution in [1.82, 2.24) is 0 Å². The molecule has 2 aromatic carbocycles. The van der Waals surface area contributed by atoms with Gasteiger partial charge in [0.1, 0.15) is 0 Å². The number of Topliss-reactive ketones (excluding diaryl/α,β-unsaturated/α-hetero) is 1. The molecule has 0 saturated heterocycles. The maximum Gasteiger partial charge on any atom is 0.166 e. The van der Waals surface area contributed by atoms with Crippen LogP contribution in [0.3, 0.4) is 0 Å². The van der Waals surface area contributed by atoms with Crippen LogP contribution in [0.1, 0.15) is 40.7 Å². The summed E-state index contributed by atoms with van der Waals surface area (Å²) >= 11 is 0. The third kappa shape index (κ3) is 3.13. The van der Waals surface area contributed by atoms with Crippen LogP contribution in [0, 0.1) is 12.8 Å². The largest absolute Gasteiger partial charge is 0.294 e. The molecular formula is C20H20O. The topological polar surface area (TPSA) is 17.1 Å².